The summed E-state index contributed by atoms with van der Waals surface area (Å²) in [6.07, 6.45) is 0. The van der Waals surface area contributed by atoms with E-state index in [4.69, 9.17) is 4.84 Å². The van der Waals surface area contributed by atoms with Gasteiger partial charge in [0.2, 0.25) is 0 Å². The molecule has 0 heterocycles. The molecule has 0 aliphatic heterocycles. The molecule has 3 nitrogen and oxygen atoms in total. The van der Waals surface area contributed by atoms with Crippen LogP contribution in [0.2, 0.25) is 0 Å². The molecule has 0 radical (unpaired) electrons. The lowest BCUT2D eigenvalue weighted by molar-refractivity contribution is 0.214. The molecule has 0 aliphatic rings. The van der Waals surface area contributed by atoms with Gasteiger partial charge in [-0.1, -0.05) is 28.9 Å². The van der Waals surface area contributed by atoms with Crippen molar-refractivity contribution in [3.63, 3.8) is 0 Å². The van der Waals surface area contributed by atoms with Crippen molar-refractivity contribution in [2.24, 2.45) is 5.16 Å². The van der Waals surface area contributed by atoms with Gasteiger partial charge in [-0.15, -0.1) is 0 Å². The average molecular weight is 255 g/mol. The van der Waals surface area contributed by atoms with Crippen LogP contribution in [-0.4, -0.2) is 17.9 Å². The third kappa shape index (κ3) is 2.94. The summed E-state index contributed by atoms with van der Waals surface area (Å²) in [5.74, 6) is 0.282. The van der Waals surface area contributed by atoms with E-state index < -0.39 is 0 Å². The van der Waals surface area contributed by atoms with Crippen LogP contribution in [0, 0.1) is 13.8 Å². The minimum Gasteiger partial charge on any atom is -0.508 e. The molecule has 0 saturated carbocycles. The molecule has 0 unspecified atom stereocenters. The van der Waals surface area contributed by atoms with Crippen molar-refractivity contribution in [2.75, 3.05) is 7.11 Å². The van der Waals surface area contributed by atoms with Gasteiger partial charge >= 0.3 is 0 Å². The van der Waals surface area contributed by atoms with Crippen molar-refractivity contribution < 1.29 is 9.94 Å². The number of aromatic hydroxyl groups is 1. The number of aryl methyl sites for hydroxylation is 2. The molecule has 2 aromatic carbocycles. The van der Waals surface area contributed by atoms with E-state index in [2.05, 4.69) is 11.2 Å². The SMILES string of the molecule is CO/N=C(/c1cccc(C)c1)c1ccc(O)c(C)c1. The fraction of sp³-hybridized carbons (Fsp3) is 0.188. The van der Waals surface area contributed by atoms with Crippen molar-refractivity contribution in [2.45, 2.75) is 13.8 Å². The van der Waals surface area contributed by atoms with Crippen molar-refractivity contribution in [1.29, 1.82) is 0 Å². The molecule has 0 bridgehead atoms. The largest absolute Gasteiger partial charge is 0.508 e. The molecule has 2 rings (SSSR count). The second-order valence-electron chi connectivity index (χ2n) is 4.49. The van der Waals surface area contributed by atoms with Gasteiger partial charge in [-0.2, -0.15) is 0 Å². The highest BCUT2D eigenvalue weighted by Crippen LogP contribution is 2.20. The molecule has 0 saturated heterocycles. The molecular weight excluding hydrogens is 238 g/mol. The van der Waals surface area contributed by atoms with E-state index in [-0.39, 0.29) is 5.75 Å². The molecule has 0 aliphatic carbocycles. The molecule has 0 fully saturated rings. The van der Waals surface area contributed by atoms with Crippen LogP contribution >= 0.6 is 0 Å². The predicted octanol–water partition coefficient (Wildman–Crippen LogP) is 3.41. The van der Waals surface area contributed by atoms with Crippen LogP contribution in [0.25, 0.3) is 0 Å². The number of rotatable bonds is 3. The summed E-state index contributed by atoms with van der Waals surface area (Å²) in [5, 5.41) is 13.7. The first-order valence-corrected chi connectivity index (χ1v) is 6.10. The highest BCUT2D eigenvalue weighted by atomic mass is 16.6. The van der Waals surface area contributed by atoms with E-state index in [1.54, 1.807) is 6.07 Å². The van der Waals surface area contributed by atoms with E-state index in [1.165, 1.54) is 7.11 Å². The maximum Gasteiger partial charge on any atom is 0.118 e. The summed E-state index contributed by atoms with van der Waals surface area (Å²) in [7, 11) is 1.53. The number of benzene rings is 2. The van der Waals surface area contributed by atoms with Crippen LogP contribution in [0.1, 0.15) is 22.3 Å². The Balaban J connectivity index is 2.52. The summed E-state index contributed by atoms with van der Waals surface area (Å²) >= 11 is 0. The van der Waals surface area contributed by atoms with Crippen LogP contribution in [0.5, 0.6) is 5.75 Å². The third-order valence-electron chi connectivity index (χ3n) is 2.94. The van der Waals surface area contributed by atoms with E-state index in [9.17, 15) is 5.11 Å². The molecule has 0 spiro atoms. The van der Waals surface area contributed by atoms with Crippen LogP contribution in [-0.2, 0) is 4.84 Å². The number of phenolic OH excluding ortho intramolecular Hbond substituents is 1. The predicted molar refractivity (Wildman–Crippen MR) is 76.7 cm³/mol. The van der Waals surface area contributed by atoms with Crippen LogP contribution < -0.4 is 0 Å². The molecule has 3 heteroatoms. The maximum atomic E-state index is 9.60. The van der Waals surface area contributed by atoms with Crippen LogP contribution in [0.3, 0.4) is 0 Å². The summed E-state index contributed by atoms with van der Waals surface area (Å²) in [5.41, 5.74) is 4.65. The first kappa shape index (κ1) is 13.1. The van der Waals surface area contributed by atoms with E-state index >= 15 is 0 Å². The zero-order chi connectivity index (χ0) is 13.8. The summed E-state index contributed by atoms with van der Waals surface area (Å²) < 4.78 is 0. The standard InChI is InChI=1S/C16H17NO2/c1-11-5-4-6-13(9-11)16(17-19-3)14-7-8-15(18)12(2)10-14/h4-10,18H,1-3H3/b17-16-. The molecule has 98 valence electrons. The first-order chi connectivity index (χ1) is 9.11. The van der Waals surface area contributed by atoms with E-state index in [0.717, 1.165) is 28.0 Å². The summed E-state index contributed by atoms with van der Waals surface area (Å²) in [6, 6.07) is 13.5. The van der Waals surface area contributed by atoms with Gasteiger partial charge < -0.3 is 9.94 Å². The number of hydrogen-bond acceptors (Lipinski definition) is 3. The lowest BCUT2D eigenvalue weighted by Crippen LogP contribution is -2.04. The van der Waals surface area contributed by atoms with Crippen LogP contribution in [0.4, 0.5) is 0 Å². The molecule has 1 N–H and O–H groups in total. The van der Waals surface area contributed by atoms with Crippen molar-refractivity contribution in [3.05, 3.63) is 64.7 Å². The number of hydrogen-bond donors (Lipinski definition) is 1. The minimum absolute atomic E-state index is 0.282. The Bertz CT molecular complexity index is 618. The second-order valence-corrected chi connectivity index (χ2v) is 4.49. The molecule has 0 amide bonds. The molecular formula is C16H17NO2. The van der Waals surface area contributed by atoms with Gasteiger partial charge in [-0.3, -0.25) is 0 Å². The normalized spacial score (nSPS) is 11.4. The monoisotopic (exact) mass is 255 g/mol. The third-order valence-corrected chi connectivity index (χ3v) is 2.94. The minimum atomic E-state index is 0.282. The van der Waals surface area contributed by atoms with Gasteiger partial charge in [-0.25, -0.2) is 0 Å². The fourth-order valence-electron chi connectivity index (χ4n) is 1.96. The van der Waals surface area contributed by atoms with Gasteiger partial charge in [0.1, 0.15) is 18.6 Å². The quantitative estimate of drug-likeness (QED) is 0.674. The lowest BCUT2D eigenvalue weighted by Gasteiger charge is -2.09. The topological polar surface area (TPSA) is 41.8 Å². The maximum absolute atomic E-state index is 9.60. The fourth-order valence-corrected chi connectivity index (χ4v) is 1.96. The summed E-state index contributed by atoms with van der Waals surface area (Å²) in [4.78, 5) is 4.95. The first-order valence-electron chi connectivity index (χ1n) is 6.10. The van der Waals surface area contributed by atoms with Crippen molar-refractivity contribution >= 4 is 5.71 Å². The Hall–Kier alpha value is -2.29. The Morgan fingerprint density at radius 1 is 1.05 bits per heavy atom. The smallest absolute Gasteiger partial charge is 0.118 e. The number of oxime groups is 1. The van der Waals surface area contributed by atoms with E-state index in [0.29, 0.717) is 0 Å². The number of nitrogens with zero attached hydrogens (tertiary/aromatic N) is 1. The Kier molecular flexibility index (Phi) is 3.85. The van der Waals surface area contributed by atoms with Gasteiger partial charge in [0, 0.05) is 11.1 Å². The van der Waals surface area contributed by atoms with Crippen molar-refractivity contribution in [1.82, 2.24) is 0 Å². The summed E-state index contributed by atoms with van der Waals surface area (Å²) in [6.45, 7) is 3.90. The average Bonchev–Trinajstić information content (AvgIpc) is 2.39. The number of phenols is 1. The highest BCUT2D eigenvalue weighted by molar-refractivity contribution is 6.12. The Morgan fingerprint density at radius 2 is 1.79 bits per heavy atom. The van der Waals surface area contributed by atoms with Gasteiger partial charge in [0.05, 0.1) is 0 Å². The van der Waals surface area contributed by atoms with Crippen molar-refractivity contribution in [3.8, 4) is 5.75 Å². The van der Waals surface area contributed by atoms with Gasteiger partial charge in [0.25, 0.3) is 0 Å². The zero-order valence-corrected chi connectivity index (χ0v) is 11.3. The van der Waals surface area contributed by atoms with Crippen LogP contribution in [0.15, 0.2) is 47.6 Å². The molecule has 0 aromatic heterocycles. The zero-order valence-electron chi connectivity index (χ0n) is 11.3. The van der Waals surface area contributed by atoms with E-state index in [1.807, 2.05) is 44.2 Å². The lowest BCUT2D eigenvalue weighted by atomic mass is 9.99. The molecule has 0 atom stereocenters. The highest BCUT2D eigenvalue weighted by Gasteiger charge is 2.09. The van der Waals surface area contributed by atoms with Gasteiger partial charge in [0.15, 0.2) is 0 Å². The second kappa shape index (κ2) is 5.57. The molecule has 19 heavy (non-hydrogen) atoms. The van der Waals surface area contributed by atoms with Gasteiger partial charge in [-0.05, 0) is 43.7 Å². The Labute approximate surface area is 113 Å². The molecule has 2 aromatic rings. The Morgan fingerprint density at radius 3 is 2.42 bits per heavy atom.